The van der Waals surface area contributed by atoms with Crippen molar-refractivity contribution in [2.24, 2.45) is 0 Å². The number of ketones is 1. The first kappa shape index (κ1) is 14.0. The molecule has 2 rings (SSSR count). The second-order valence-corrected chi connectivity index (χ2v) is 4.07. The van der Waals surface area contributed by atoms with Crippen molar-refractivity contribution in [2.45, 2.75) is 6.92 Å². The maximum Gasteiger partial charge on any atom is 0.167 e. The maximum atomic E-state index is 13.1. The molecule has 0 aromatic heterocycles. The van der Waals surface area contributed by atoms with Gasteiger partial charge in [-0.2, -0.15) is 0 Å². The van der Waals surface area contributed by atoms with Crippen molar-refractivity contribution in [3.63, 3.8) is 0 Å². The summed E-state index contributed by atoms with van der Waals surface area (Å²) in [6.07, 6.45) is 0. The van der Waals surface area contributed by atoms with Gasteiger partial charge < -0.3 is 9.47 Å². The average molecular weight is 278 g/mol. The predicted octanol–water partition coefficient (Wildman–Crippen LogP) is 3.97. The molecule has 0 atom stereocenters. The van der Waals surface area contributed by atoms with Gasteiger partial charge in [-0.05, 0) is 31.2 Å². The van der Waals surface area contributed by atoms with Gasteiger partial charge in [0.2, 0.25) is 0 Å². The summed E-state index contributed by atoms with van der Waals surface area (Å²) in [5, 5.41) is 0. The van der Waals surface area contributed by atoms with Crippen LogP contribution in [0.3, 0.4) is 0 Å². The lowest BCUT2D eigenvalue weighted by molar-refractivity contribution is 0.101. The Morgan fingerprint density at radius 1 is 1.05 bits per heavy atom. The van der Waals surface area contributed by atoms with Crippen molar-refractivity contribution < 1.29 is 23.0 Å². The van der Waals surface area contributed by atoms with E-state index in [0.29, 0.717) is 5.75 Å². The fourth-order valence-corrected chi connectivity index (χ4v) is 1.78. The molecule has 0 bridgehead atoms. The molecule has 0 radical (unpaired) electrons. The van der Waals surface area contributed by atoms with Gasteiger partial charge in [0.05, 0.1) is 7.11 Å². The predicted molar refractivity (Wildman–Crippen MR) is 69.4 cm³/mol. The number of rotatable bonds is 4. The van der Waals surface area contributed by atoms with Crippen molar-refractivity contribution in [3.05, 3.63) is 53.6 Å². The molecule has 0 heterocycles. The summed E-state index contributed by atoms with van der Waals surface area (Å²) >= 11 is 0. The lowest BCUT2D eigenvalue weighted by Crippen LogP contribution is -2.01. The molecule has 0 aliphatic heterocycles. The van der Waals surface area contributed by atoms with E-state index in [2.05, 4.69) is 0 Å². The van der Waals surface area contributed by atoms with Crippen LogP contribution in [0.15, 0.2) is 36.4 Å². The summed E-state index contributed by atoms with van der Waals surface area (Å²) in [5.74, 6) is -1.55. The van der Waals surface area contributed by atoms with Gasteiger partial charge in [0.25, 0.3) is 0 Å². The van der Waals surface area contributed by atoms with E-state index in [1.54, 1.807) is 18.2 Å². The Kier molecular flexibility index (Phi) is 3.98. The number of carbonyl (C=O) groups excluding carboxylic acids is 1. The molecule has 2 aromatic rings. The van der Waals surface area contributed by atoms with E-state index in [1.165, 1.54) is 20.1 Å². The molecule has 20 heavy (non-hydrogen) atoms. The van der Waals surface area contributed by atoms with Crippen LogP contribution in [-0.2, 0) is 0 Å². The molecule has 0 aliphatic carbocycles. The maximum absolute atomic E-state index is 13.1. The minimum Gasteiger partial charge on any atom is -0.496 e. The second-order valence-electron chi connectivity index (χ2n) is 4.07. The van der Waals surface area contributed by atoms with Gasteiger partial charge in [-0.1, -0.05) is 6.07 Å². The summed E-state index contributed by atoms with van der Waals surface area (Å²) in [6.45, 7) is 1.37. The molecule has 2 aromatic carbocycles. The second kappa shape index (κ2) is 5.69. The lowest BCUT2D eigenvalue weighted by Gasteiger charge is -2.12. The number of benzene rings is 2. The highest BCUT2D eigenvalue weighted by atomic mass is 19.2. The van der Waals surface area contributed by atoms with Gasteiger partial charge in [-0.3, -0.25) is 4.79 Å². The minimum absolute atomic E-state index is 0.0969. The average Bonchev–Trinajstić information content (AvgIpc) is 2.42. The van der Waals surface area contributed by atoms with E-state index in [0.717, 1.165) is 12.1 Å². The van der Waals surface area contributed by atoms with Gasteiger partial charge in [-0.15, -0.1) is 0 Å². The Balaban J connectivity index is 2.42. The van der Waals surface area contributed by atoms with Crippen molar-refractivity contribution in [1.29, 1.82) is 0 Å². The van der Waals surface area contributed by atoms with Gasteiger partial charge in [0, 0.05) is 6.07 Å². The number of Topliss-reactive ketones (excluding diaryl/α,β-unsaturated/α-hetero) is 1. The fraction of sp³-hybridized carbons (Fsp3) is 0.133. The normalized spacial score (nSPS) is 10.2. The number of methoxy groups -OCH3 is 1. The Morgan fingerprint density at radius 2 is 1.75 bits per heavy atom. The van der Waals surface area contributed by atoms with Gasteiger partial charge in [0.1, 0.15) is 22.8 Å². The monoisotopic (exact) mass is 278 g/mol. The van der Waals surface area contributed by atoms with Crippen molar-refractivity contribution in [3.8, 4) is 17.2 Å². The molecule has 0 N–H and O–H groups in total. The molecule has 0 amide bonds. The molecule has 0 spiro atoms. The summed E-state index contributed by atoms with van der Waals surface area (Å²) < 4.78 is 36.5. The first-order chi connectivity index (χ1) is 9.52. The molecule has 0 saturated heterocycles. The molecule has 0 aliphatic rings. The zero-order valence-electron chi connectivity index (χ0n) is 10.9. The van der Waals surface area contributed by atoms with E-state index < -0.39 is 11.6 Å². The summed E-state index contributed by atoms with van der Waals surface area (Å²) in [7, 11) is 1.43. The third kappa shape index (κ3) is 2.77. The highest BCUT2D eigenvalue weighted by Gasteiger charge is 2.16. The quantitative estimate of drug-likeness (QED) is 0.794. The number of hydrogen-bond acceptors (Lipinski definition) is 3. The molecule has 104 valence electrons. The first-order valence-corrected chi connectivity index (χ1v) is 5.83. The van der Waals surface area contributed by atoms with Crippen LogP contribution in [0.25, 0.3) is 0 Å². The molecular weight excluding hydrogens is 266 g/mol. The largest absolute Gasteiger partial charge is 0.496 e. The SMILES string of the molecule is COc1cccc(Oc2ccc(F)c(F)c2)c1C(C)=O. The van der Waals surface area contributed by atoms with E-state index >= 15 is 0 Å². The lowest BCUT2D eigenvalue weighted by atomic mass is 10.1. The summed E-state index contributed by atoms with van der Waals surface area (Å²) in [4.78, 5) is 11.7. The van der Waals surface area contributed by atoms with E-state index in [-0.39, 0.29) is 22.8 Å². The molecular formula is C15H12F2O3. The van der Waals surface area contributed by atoms with E-state index in [9.17, 15) is 13.6 Å². The molecule has 3 nitrogen and oxygen atoms in total. The van der Waals surface area contributed by atoms with Gasteiger partial charge >= 0.3 is 0 Å². The molecule has 0 saturated carbocycles. The summed E-state index contributed by atoms with van der Waals surface area (Å²) in [6, 6.07) is 7.97. The third-order valence-corrected chi connectivity index (χ3v) is 2.68. The van der Waals surface area contributed by atoms with Gasteiger partial charge in [-0.25, -0.2) is 8.78 Å². The van der Waals surface area contributed by atoms with E-state index in [4.69, 9.17) is 9.47 Å². The highest BCUT2D eigenvalue weighted by Crippen LogP contribution is 2.32. The smallest absolute Gasteiger partial charge is 0.167 e. The molecule has 5 heteroatoms. The first-order valence-electron chi connectivity index (χ1n) is 5.83. The highest BCUT2D eigenvalue weighted by molar-refractivity contribution is 5.99. The van der Waals surface area contributed by atoms with Crippen molar-refractivity contribution in [2.75, 3.05) is 7.11 Å². The number of carbonyl (C=O) groups is 1. The molecule has 0 unspecified atom stereocenters. The zero-order valence-corrected chi connectivity index (χ0v) is 10.9. The van der Waals surface area contributed by atoms with Gasteiger partial charge in [0.15, 0.2) is 17.4 Å². The number of ether oxygens (including phenoxy) is 2. The van der Waals surface area contributed by atoms with Crippen LogP contribution < -0.4 is 9.47 Å². The number of hydrogen-bond donors (Lipinski definition) is 0. The Morgan fingerprint density at radius 3 is 2.35 bits per heavy atom. The number of halogens is 2. The molecule has 0 fully saturated rings. The van der Waals surface area contributed by atoms with Crippen LogP contribution in [0.2, 0.25) is 0 Å². The van der Waals surface area contributed by atoms with Crippen LogP contribution in [0.1, 0.15) is 17.3 Å². The Hall–Kier alpha value is -2.43. The van der Waals surface area contributed by atoms with Crippen LogP contribution >= 0.6 is 0 Å². The van der Waals surface area contributed by atoms with Crippen LogP contribution in [0, 0.1) is 11.6 Å². The Labute approximate surface area is 114 Å². The van der Waals surface area contributed by atoms with Crippen LogP contribution in [0.4, 0.5) is 8.78 Å². The van der Waals surface area contributed by atoms with Crippen LogP contribution in [-0.4, -0.2) is 12.9 Å². The van der Waals surface area contributed by atoms with Crippen LogP contribution in [0.5, 0.6) is 17.2 Å². The zero-order chi connectivity index (χ0) is 14.7. The summed E-state index contributed by atoms with van der Waals surface area (Å²) in [5.41, 5.74) is 0.250. The third-order valence-electron chi connectivity index (χ3n) is 2.68. The standard InChI is InChI=1S/C15H12F2O3/c1-9(18)15-13(19-2)4-3-5-14(15)20-10-6-7-11(16)12(17)8-10/h3-8H,1-2H3. The van der Waals surface area contributed by atoms with Crippen molar-refractivity contribution in [1.82, 2.24) is 0 Å². The topological polar surface area (TPSA) is 35.5 Å². The minimum atomic E-state index is -1.02. The Bertz CT molecular complexity index is 654. The van der Waals surface area contributed by atoms with Crippen molar-refractivity contribution >= 4 is 5.78 Å². The van der Waals surface area contributed by atoms with E-state index in [1.807, 2.05) is 0 Å². The fourth-order valence-electron chi connectivity index (χ4n) is 1.78.